The Morgan fingerprint density at radius 1 is 1.03 bits per heavy atom. The largest absolute Gasteiger partial charge is 0.378 e. The number of rotatable bonds is 8. The molecule has 37 heavy (non-hydrogen) atoms. The first-order valence-electron chi connectivity index (χ1n) is 12.0. The summed E-state index contributed by atoms with van der Waals surface area (Å²) in [5.41, 5.74) is 1.96. The number of nitrogens with zero attached hydrogens (tertiary/aromatic N) is 2. The van der Waals surface area contributed by atoms with Gasteiger partial charge in [0.2, 0.25) is 10.0 Å². The average Bonchev–Trinajstić information content (AvgIpc) is 2.90. The number of para-hydroxylation sites is 1. The van der Waals surface area contributed by atoms with Gasteiger partial charge in [-0.1, -0.05) is 19.1 Å². The Morgan fingerprint density at radius 3 is 2.54 bits per heavy atom. The van der Waals surface area contributed by atoms with Crippen LogP contribution in [0.2, 0.25) is 0 Å². The minimum Gasteiger partial charge on any atom is -0.378 e. The molecule has 0 bridgehead atoms. The first-order valence-corrected chi connectivity index (χ1v) is 13.5. The van der Waals surface area contributed by atoms with Crippen LogP contribution in [0.5, 0.6) is 0 Å². The van der Waals surface area contributed by atoms with E-state index in [1.165, 1.54) is 6.07 Å². The molecule has 11 heteroatoms. The van der Waals surface area contributed by atoms with Crippen LogP contribution < -0.4 is 25.8 Å². The number of morpholine rings is 1. The van der Waals surface area contributed by atoms with E-state index in [0.29, 0.717) is 41.3 Å². The molecule has 5 rings (SSSR count). The summed E-state index contributed by atoms with van der Waals surface area (Å²) in [6.07, 6.45) is 1.57. The summed E-state index contributed by atoms with van der Waals surface area (Å²) in [4.78, 5) is 22.4. The second-order valence-electron chi connectivity index (χ2n) is 8.52. The van der Waals surface area contributed by atoms with Gasteiger partial charge in [0.05, 0.1) is 24.3 Å². The second kappa shape index (κ2) is 10.6. The number of H-pyrrole nitrogens is 1. The molecule has 192 valence electrons. The SMILES string of the molecule is CCNS(=O)(=O)c1ccccc1Nc1cc2cc[nH]c(=O)c2c(Nc2ccc(N3CCOCC3)cc2)n1. The molecule has 2 aromatic carbocycles. The Kier molecular flexibility index (Phi) is 7.08. The molecule has 4 N–H and O–H groups in total. The predicted molar refractivity (Wildman–Crippen MR) is 146 cm³/mol. The quantitative estimate of drug-likeness (QED) is 0.278. The van der Waals surface area contributed by atoms with E-state index in [4.69, 9.17) is 4.74 Å². The zero-order valence-corrected chi connectivity index (χ0v) is 21.1. The third kappa shape index (κ3) is 5.43. The summed E-state index contributed by atoms with van der Waals surface area (Å²) in [5.74, 6) is 0.748. The highest BCUT2D eigenvalue weighted by molar-refractivity contribution is 7.89. The summed E-state index contributed by atoms with van der Waals surface area (Å²) in [6.45, 7) is 5.09. The molecule has 0 saturated carbocycles. The molecule has 10 nitrogen and oxygen atoms in total. The Morgan fingerprint density at radius 2 is 1.78 bits per heavy atom. The Balaban J connectivity index is 1.49. The maximum atomic E-state index is 12.7. The van der Waals surface area contributed by atoms with Gasteiger partial charge in [-0.25, -0.2) is 18.1 Å². The normalized spacial score (nSPS) is 14.0. The zero-order valence-electron chi connectivity index (χ0n) is 20.3. The summed E-state index contributed by atoms with van der Waals surface area (Å²) >= 11 is 0. The van der Waals surface area contributed by atoms with Gasteiger partial charge >= 0.3 is 0 Å². The zero-order chi connectivity index (χ0) is 25.8. The van der Waals surface area contributed by atoms with Crippen LogP contribution in [0, 0.1) is 0 Å². The van der Waals surface area contributed by atoms with Gasteiger partial charge in [0.25, 0.3) is 5.56 Å². The number of sulfonamides is 1. The number of fused-ring (bicyclic) bond motifs is 1. The molecular formula is C26H28N6O4S. The molecule has 0 unspecified atom stereocenters. The van der Waals surface area contributed by atoms with E-state index < -0.39 is 10.0 Å². The van der Waals surface area contributed by atoms with E-state index in [0.717, 1.165) is 24.5 Å². The molecule has 4 aromatic rings. The first kappa shape index (κ1) is 24.8. The van der Waals surface area contributed by atoms with Gasteiger partial charge in [-0.3, -0.25) is 4.79 Å². The molecule has 0 aliphatic carbocycles. The number of benzene rings is 2. The van der Waals surface area contributed by atoms with E-state index in [9.17, 15) is 13.2 Å². The molecule has 2 aromatic heterocycles. The predicted octanol–water partition coefficient (Wildman–Crippen LogP) is 3.55. The maximum absolute atomic E-state index is 12.7. The molecule has 0 atom stereocenters. The lowest BCUT2D eigenvalue weighted by atomic mass is 10.2. The minimum absolute atomic E-state index is 0.109. The van der Waals surface area contributed by atoms with Gasteiger partial charge in [0.15, 0.2) is 0 Å². The topological polar surface area (TPSA) is 128 Å². The van der Waals surface area contributed by atoms with Crippen molar-refractivity contribution in [2.45, 2.75) is 11.8 Å². The fourth-order valence-corrected chi connectivity index (χ4v) is 5.49. The van der Waals surface area contributed by atoms with Crippen LogP contribution in [0.25, 0.3) is 10.8 Å². The van der Waals surface area contributed by atoms with Crippen molar-refractivity contribution in [1.82, 2.24) is 14.7 Å². The highest BCUT2D eigenvalue weighted by Crippen LogP contribution is 2.29. The highest BCUT2D eigenvalue weighted by Gasteiger charge is 2.18. The number of anilines is 5. The molecule has 1 saturated heterocycles. The fraction of sp³-hybridized carbons (Fsp3) is 0.231. The number of ether oxygens (including phenoxy) is 1. The molecule has 0 spiro atoms. The number of pyridine rings is 2. The lowest BCUT2D eigenvalue weighted by Gasteiger charge is -2.28. The number of nitrogens with one attached hydrogen (secondary N) is 4. The van der Waals surface area contributed by atoms with Crippen LogP contribution in [0.15, 0.2) is 76.6 Å². The smallest absolute Gasteiger partial charge is 0.259 e. The number of aromatic amines is 1. The standard InChI is InChI=1S/C26H28N6O4S/c1-2-28-37(34,35)22-6-4-3-5-21(22)30-23-17-18-11-12-27-26(33)24(18)25(31-23)29-19-7-9-20(10-8-19)32-13-15-36-16-14-32/h3-12,17,28H,2,13-16H2,1H3,(H,27,33)(H2,29,30,31). The highest BCUT2D eigenvalue weighted by atomic mass is 32.2. The van der Waals surface area contributed by atoms with Gasteiger partial charge in [-0.15, -0.1) is 0 Å². The molecule has 1 fully saturated rings. The van der Waals surface area contributed by atoms with Crippen molar-refractivity contribution < 1.29 is 13.2 Å². The van der Waals surface area contributed by atoms with Crippen LogP contribution in [0.3, 0.4) is 0 Å². The van der Waals surface area contributed by atoms with E-state index in [-0.39, 0.29) is 17.0 Å². The number of hydrogen-bond acceptors (Lipinski definition) is 8. The van der Waals surface area contributed by atoms with Gasteiger partial charge in [-0.2, -0.15) is 0 Å². The fourth-order valence-electron chi connectivity index (χ4n) is 4.29. The third-order valence-electron chi connectivity index (χ3n) is 6.03. The Labute approximate surface area is 214 Å². The van der Waals surface area contributed by atoms with E-state index >= 15 is 0 Å². The lowest BCUT2D eigenvalue weighted by molar-refractivity contribution is 0.122. The van der Waals surface area contributed by atoms with Gasteiger partial charge < -0.3 is 25.3 Å². The lowest BCUT2D eigenvalue weighted by Crippen LogP contribution is -2.36. The second-order valence-corrected chi connectivity index (χ2v) is 10.3. The monoisotopic (exact) mass is 520 g/mol. The first-order chi connectivity index (χ1) is 17.9. The number of aromatic nitrogens is 2. The maximum Gasteiger partial charge on any atom is 0.259 e. The summed E-state index contributed by atoms with van der Waals surface area (Å²) in [7, 11) is -3.71. The summed E-state index contributed by atoms with van der Waals surface area (Å²) in [6, 6.07) is 18.0. The molecule has 1 aliphatic heterocycles. The van der Waals surface area contributed by atoms with Crippen LogP contribution in [-0.2, 0) is 14.8 Å². The van der Waals surface area contributed by atoms with Crippen LogP contribution in [0.1, 0.15) is 6.92 Å². The van der Waals surface area contributed by atoms with Crippen molar-refractivity contribution >= 4 is 49.5 Å². The molecule has 0 amide bonds. The van der Waals surface area contributed by atoms with Gasteiger partial charge in [0.1, 0.15) is 16.5 Å². The number of hydrogen-bond donors (Lipinski definition) is 4. The van der Waals surface area contributed by atoms with Crippen molar-refractivity contribution in [3.63, 3.8) is 0 Å². The van der Waals surface area contributed by atoms with Crippen LogP contribution in [0.4, 0.5) is 28.7 Å². The third-order valence-corrected chi connectivity index (χ3v) is 7.64. The molecule has 0 radical (unpaired) electrons. The van der Waals surface area contributed by atoms with Crippen LogP contribution >= 0.6 is 0 Å². The van der Waals surface area contributed by atoms with E-state index in [2.05, 4.69) is 30.2 Å². The van der Waals surface area contributed by atoms with Crippen molar-refractivity contribution in [1.29, 1.82) is 0 Å². The average molecular weight is 521 g/mol. The van der Waals surface area contributed by atoms with Crippen molar-refractivity contribution in [3.05, 3.63) is 77.2 Å². The van der Waals surface area contributed by atoms with Crippen molar-refractivity contribution in [3.8, 4) is 0 Å². The van der Waals surface area contributed by atoms with Crippen molar-refractivity contribution in [2.24, 2.45) is 0 Å². The Bertz CT molecular complexity index is 1560. The van der Waals surface area contributed by atoms with Crippen molar-refractivity contribution in [2.75, 3.05) is 48.4 Å². The minimum atomic E-state index is -3.71. The summed E-state index contributed by atoms with van der Waals surface area (Å²) < 4.78 is 33.4. The van der Waals surface area contributed by atoms with Crippen LogP contribution in [-0.4, -0.2) is 51.2 Å². The Hall–Kier alpha value is -3.93. The molecule has 3 heterocycles. The van der Waals surface area contributed by atoms with Gasteiger partial charge in [0, 0.05) is 37.2 Å². The van der Waals surface area contributed by atoms with Gasteiger partial charge in [-0.05, 0) is 53.9 Å². The summed E-state index contributed by atoms with van der Waals surface area (Å²) in [5, 5.41) is 7.45. The molecular weight excluding hydrogens is 492 g/mol. The van der Waals surface area contributed by atoms with E-state index in [1.807, 2.05) is 24.3 Å². The van der Waals surface area contributed by atoms with E-state index in [1.54, 1.807) is 43.5 Å². The molecule has 1 aliphatic rings.